The van der Waals surface area contributed by atoms with Crippen molar-refractivity contribution in [3.05, 3.63) is 92.8 Å². The zero-order chi connectivity index (χ0) is 24.8. The zero-order valence-electron chi connectivity index (χ0n) is 18.4. The maximum Gasteiger partial charge on any atom is 0.342 e. The van der Waals surface area contributed by atoms with Gasteiger partial charge < -0.3 is 14.6 Å². The molecule has 1 aromatic heterocycles. The molecule has 4 aromatic rings. The van der Waals surface area contributed by atoms with Crippen molar-refractivity contribution in [3.63, 3.8) is 0 Å². The van der Waals surface area contributed by atoms with Gasteiger partial charge in [-0.15, -0.1) is 5.10 Å². The smallest absolute Gasteiger partial charge is 0.342 e. The number of aliphatic carboxylic acids is 1. The Labute approximate surface area is 215 Å². The summed E-state index contributed by atoms with van der Waals surface area (Å²) in [6.07, 6.45) is 1.55. The number of aromatic amines is 1. The van der Waals surface area contributed by atoms with E-state index in [1.165, 1.54) is 7.11 Å². The third kappa shape index (κ3) is 6.57. The molecule has 0 radical (unpaired) electrons. The SMILES string of the molecule is COc1ccc(Cl)cc1-c1nc(S/C(=C\c2ccc(OCc3ccc(Cl)cc3)cc2)C(=O)O)n[nH]1. The van der Waals surface area contributed by atoms with Crippen LogP contribution >= 0.6 is 35.0 Å². The van der Waals surface area contributed by atoms with E-state index >= 15 is 0 Å². The first kappa shape index (κ1) is 24.7. The highest BCUT2D eigenvalue weighted by molar-refractivity contribution is 8.04. The van der Waals surface area contributed by atoms with Gasteiger partial charge in [-0.3, -0.25) is 5.10 Å². The summed E-state index contributed by atoms with van der Waals surface area (Å²) in [5.41, 5.74) is 2.31. The van der Waals surface area contributed by atoms with Crippen LogP contribution in [0.1, 0.15) is 11.1 Å². The van der Waals surface area contributed by atoms with Gasteiger partial charge in [0.05, 0.1) is 12.7 Å². The van der Waals surface area contributed by atoms with Gasteiger partial charge in [-0.25, -0.2) is 9.78 Å². The highest BCUT2D eigenvalue weighted by atomic mass is 35.5. The van der Waals surface area contributed by atoms with Crippen LogP contribution in [0.3, 0.4) is 0 Å². The summed E-state index contributed by atoms with van der Waals surface area (Å²) >= 11 is 12.9. The maximum absolute atomic E-state index is 11.9. The second-order valence-corrected chi connectivity index (χ2v) is 9.09. The minimum absolute atomic E-state index is 0.0587. The van der Waals surface area contributed by atoms with Gasteiger partial charge in [0.1, 0.15) is 23.0 Å². The number of benzene rings is 3. The van der Waals surface area contributed by atoms with E-state index in [2.05, 4.69) is 15.2 Å². The van der Waals surface area contributed by atoms with Crippen molar-refractivity contribution < 1.29 is 19.4 Å². The van der Waals surface area contributed by atoms with Crippen LogP contribution in [0.15, 0.2) is 76.8 Å². The first-order valence-corrected chi connectivity index (χ1v) is 11.8. The van der Waals surface area contributed by atoms with E-state index in [-0.39, 0.29) is 10.1 Å². The van der Waals surface area contributed by atoms with Gasteiger partial charge >= 0.3 is 5.97 Å². The number of ether oxygens (including phenoxy) is 2. The first-order chi connectivity index (χ1) is 16.9. The molecule has 0 unspecified atom stereocenters. The molecular formula is C25H19Cl2N3O4S. The van der Waals surface area contributed by atoms with Crippen molar-refractivity contribution in [2.24, 2.45) is 0 Å². The Balaban J connectivity index is 1.46. The minimum Gasteiger partial charge on any atom is -0.496 e. The molecule has 3 aromatic carbocycles. The minimum atomic E-state index is -1.09. The Morgan fingerprint density at radius 1 is 1.06 bits per heavy atom. The van der Waals surface area contributed by atoms with Crippen LogP contribution < -0.4 is 9.47 Å². The highest BCUT2D eigenvalue weighted by Gasteiger charge is 2.16. The Morgan fingerprint density at radius 3 is 2.46 bits per heavy atom. The number of carbonyl (C=O) groups is 1. The largest absolute Gasteiger partial charge is 0.496 e. The molecule has 2 N–H and O–H groups in total. The molecule has 0 atom stereocenters. The van der Waals surface area contributed by atoms with E-state index in [1.54, 1.807) is 48.5 Å². The van der Waals surface area contributed by atoms with Gasteiger partial charge in [-0.05, 0) is 71.4 Å². The number of carboxylic acid groups (broad SMARTS) is 1. The van der Waals surface area contributed by atoms with Crippen LogP contribution in [0.5, 0.6) is 11.5 Å². The number of methoxy groups -OCH3 is 1. The second-order valence-electron chi connectivity index (χ2n) is 7.21. The number of H-pyrrole nitrogens is 1. The van der Waals surface area contributed by atoms with Crippen LogP contribution in [0.25, 0.3) is 17.5 Å². The molecule has 178 valence electrons. The molecule has 1 heterocycles. The average molecular weight is 528 g/mol. The number of halogens is 2. The summed E-state index contributed by atoms with van der Waals surface area (Å²) in [5, 5.41) is 18.1. The van der Waals surface area contributed by atoms with Gasteiger partial charge in [-0.1, -0.05) is 47.5 Å². The lowest BCUT2D eigenvalue weighted by molar-refractivity contribution is -0.131. The molecule has 0 aliphatic carbocycles. The molecule has 35 heavy (non-hydrogen) atoms. The first-order valence-electron chi connectivity index (χ1n) is 10.3. The highest BCUT2D eigenvalue weighted by Crippen LogP contribution is 2.33. The predicted octanol–water partition coefficient (Wildman–Crippen LogP) is 6.58. The molecule has 0 aliphatic heterocycles. The molecule has 10 heteroatoms. The van der Waals surface area contributed by atoms with Crippen LogP contribution in [-0.4, -0.2) is 33.4 Å². The molecule has 0 saturated carbocycles. The number of hydrogen-bond acceptors (Lipinski definition) is 6. The fourth-order valence-electron chi connectivity index (χ4n) is 3.07. The topological polar surface area (TPSA) is 97.3 Å². The monoisotopic (exact) mass is 527 g/mol. The Morgan fingerprint density at radius 2 is 1.77 bits per heavy atom. The molecule has 0 amide bonds. The van der Waals surface area contributed by atoms with Crippen molar-refractivity contribution >= 4 is 47.0 Å². The van der Waals surface area contributed by atoms with E-state index < -0.39 is 5.97 Å². The number of rotatable bonds is 9. The summed E-state index contributed by atoms with van der Waals surface area (Å²) in [7, 11) is 1.54. The van der Waals surface area contributed by atoms with Crippen molar-refractivity contribution in [1.82, 2.24) is 15.2 Å². The Bertz CT molecular complexity index is 1360. The predicted molar refractivity (Wildman–Crippen MR) is 137 cm³/mol. The van der Waals surface area contributed by atoms with Crippen molar-refractivity contribution in [2.75, 3.05) is 7.11 Å². The normalized spacial score (nSPS) is 11.3. The lowest BCUT2D eigenvalue weighted by Gasteiger charge is -2.07. The fourth-order valence-corrected chi connectivity index (χ4v) is 4.08. The van der Waals surface area contributed by atoms with Gasteiger partial charge in [0.15, 0.2) is 5.82 Å². The quantitative estimate of drug-likeness (QED) is 0.187. The second kappa shape index (κ2) is 11.3. The lowest BCUT2D eigenvalue weighted by Crippen LogP contribution is -1.97. The summed E-state index contributed by atoms with van der Waals surface area (Å²) in [6.45, 7) is 0.396. The summed E-state index contributed by atoms with van der Waals surface area (Å²) in [6, 6.07) is 19.6. The molecule has 0 bridgehead atoms. The van der Waals surface area contributed by atoms with Crippen LogP contribution in [-0.2, 0) is 11.4 Å². The number of thioether (sulfide) groups is 1. The molecule has 0 saturated heterocycles. The summed E-state index contributed by atoms with van der Waals surface area (Å²) in [5.74, 6) is 0.550. The van der Waals surface area contributed by atoms with Gasteiger partial charge in [0, 0.05) is 10.0 Å². The molecule has 0 spiro atoms. The van der Waals surface area contributed by atoms with E-state index in [0.29, 0.717) is 45.1 Å². The molecular weight excluding hydrogens is 509 g/mol. The van der Waals surface area contributed by atoms with Gasteiger partial charge in [0.25, 0.3) is 0 Å². The van der Waals surface area contributed by atoms with Crippen LogP contribution in [0.4, 0.5) is 0 Å². The van der Waals surface area contributed by atoms with Crippen molar-refractivity contribution in [2.45, 2.75) is 11.8 Å². The Hall–Kier alpha value is -3.46. The van der Waals surface area contributed by atoms with Gasteiger partial charge in [0.2, 0.25) is 5.16 Å². The van der Waals surface area contributed by atoms with E-state index in [0.717, 1.165) is 17.3 Å². The summed E-state index contributed by atoms with van der Waals surface area (Å²) in [4.78, 5) is 16.3. The third-order valence-electron chi connectivity index (χ3n) is 4.79. The van der Waals surface area contributed by atoms with Crippen molar-refractivity contribution in [3.8, 4) is 22.9 Å². The number of nitrogens with one attached hydrogen (secondary N) is 1. The fraction of sp³-hybridized carbons (Fsp3) is 0.0800. The third-order valence-corrected chi connectivity index (χ3v) is 6.15. The molecule has 0 fully saturated rings. The van der Waals surface area contributed by atoms with E-state index in [1.807, 2.05) is 24.3 Å². The Kier molecular flexibility index (Phi) is 7.97. The van der Waals surface area contributed by atoms with E-state index in [9.17, 15) is 9.90 Å². The molecule has 4 rings (SSSR count). The van der Waals surface area contributed by atoms with Crippen LogP contribution in [0, 0.1) is 0 Å². The number of aromatic nitrogens is 3. The summed E-state index contributed by atoms with van der Waals surface area (Å²) < 4.78 is 11.1. The number of nitrogens with zero attached hydrogens (tertiary/aromatic N) is 2. The van der Waals surface area contributed by atoms with Crippen LogP contribution in [0.2, 0.25) is 10.0 Å². The number of hydrogen-bond donors (Lipinski definition) is 2. The van der Waals surface area contributed by atoms with Gasteiger partial charge in [-0.2, -0.15) is 0 Å². The van der Waals surface area contributed by atoms with E-state index in [4.69, 9.17) is 32.7 Å². The zero-order valence-corrected chi connectivity index (χ0v) is 20.7. The number of carboxylic acids is 1. The lowest BCUT2D eigenvalue weighted by atomic mass is 10.2. The molecule has 7 nitrogen and oxygen atoms in total. The standard InChI is InChI=1S/C25H19Cl2N3O4S/c1-33-21-11-8-18(27)13-20(21)23-28-25(30-29-23)35-22(24(31)32)12-15-4-9-19(10-5-15)34-14-16-2-6-17(26)7-3-16/h2-13H,14H2,1H3,(H,31,32)(H,28,29,30)/b22-12-. The van der Waals surface area contributed by atoms with Crippen molar-refractivity contribution in [1.29, 1.82) is 0 Å². The molecule has 0 aliphatic rings. The average Bonchev–Trinajstić information content (AvgIpc) is 3.32. The maximum atomic E-state index is 11.9.